The molecule has 5 nitrogen and oxygen atoms in total. The summed E-state index contributed by atoms with van der Waals surface area (Å²) in [5.41, 5.74) is -1.17. The molecular formula is C17H21F4N3O2S. The Morgan fingerprint density at radius 2 is 1.81 bits per heavy atom. The first-order valence-electron chi connectivity index (χ1n) is 8.99. The molecular weight excluding hydrogens is 386 g/mol. The van der Waals surface area contributed by atoms with Crippen LogP contribution in [0.15, 0.2) is 12.3 Å². The Bertz CT molecular complexity index is 823. The van der Waals surface area contributed by atoms with Crippen LogP contribution in [0.1, 0.15) is 24.8 Å². The molecule has 3 fully saturated rings. The molecule has 4 rings (SSSR count). The highest BCUT2D eigenvalue weighted by Gasteiger charge is 2.52. The summed E-state index contributed by atoms with van der Waals surface area (Å²) in [5, 5.41) is 0. The van der Waals surface area contributed by atoms with Crippen molar-refractivity contribution in [1.82, 2.24) is 9.88 Å². The Kier molecular flexibility index (Phi) is 4.41. The number of nitrogens with zero attached hydrogens (tertiary/aromatic N) is 3. The number of anilines is 1. The second-order valence-electron chi connectivity index (χ2n) is 8.00. The normalized spacial score (nSPS) is 25.7. The van der Waals surface area contributed by atoms with Crippen molar-refractivity contribution in [2.45, 2.75) is 31.5 Å². The summed E-state index contributed by atoms with van der Waals surface area (Å²) in [6.45, 7) is 2.68. The lowest BCUT2D eigenvalue weighted by atomic mass is 9.91. The van der Waals surface area contributed by atoms with Gasteiger partial charge >= 0.3 is 6.18 Å². The van der Waals surface area contributed by atoms with Crippen LogP contribution in [0, 0.1) is 11.2 Å². The topological polar surface area (TPSA) is 53.5 Å². The molecule has 4 heterocycles. The van der Waals surface area contributed by atoms with Crippen molar-refractivity contribution in [2.24, 2.45) is 5.41 Å². The first kappa shape index (κ1) is 18.9. The highest BCUT2D eigenvalue weighted by Crippen LogP contribution is 2.43. The molecule has 3 saturated heterocycles. The van der Waals surface area contributed by atoms with Gasteiger partial charge in [0, 0.05) is 37.3 Å². The third-order valence-corrected chi connectivity index (χ3v) is 8.05. The molecule has 3 aliphatic rings. The maximum atomic E-state index is 14.1. The number of piperidine rings is 1. The number of aromatic nitrogens is 1. The predicted octanol–water partition coefficient (Wildman–Crippen LogP) is 2.33. The third-order valence-electron chi connectivity index (χ3n) is 5.95. The minimum atomic E-state index is -4.61. The van der Waals surface area contributed by atoms with Gasteiger partial charge in [-0.15, -0.1) is 0 Å². The number of pyridine rings is 1. The largest absolute Gasteiger partial charge is 0.417 e. The van der Waals surface area contributed by atoms with E-state index in [-0.39, 0.29) is 22.7 Å². The van der Waals surface area contributed by atoms with Gasteiger partial charge in [0.05, 0.1) is 17.1 Å². The molecule has 27 heavy (non-hydrogen) atoms. The quantitative estimate of drug-likeness (QED) is 0.705. The number of likely N-dealkylation sites (tertiary alicyclic amines) is 1. The fourth-order valence-corrected chi connectivity index (χ4v) is 6.92. The fourth-order valence-electron chi connectivity index (χ4n) is 4.67. The molecule has 0 unspecified atom stereocenters. The first-order chi connectivity index (χ1) is 12.6. The zero-order valence-electron chi connectivity index (χ0n) is 14.7. The van der Waals surface area contributed by atoms with Gasteiger partial charge in [0.1, 0.15) is 0 Å². The van der Waals surface area contributed by atoms with Crippen molar-refractivity contribution in [1.29, 1.82) is 0 Å². The summed E-state index contributed by atoms with van der Waals surface area (Å²) in [6, 6.07) is 0.789. The maximum Gasteiger partial charge on any atom is 0.417 e. The molecule has 0 saturated carbocycles. The molecule has 1 aromatic rings. The van der Waals surface area contributed by atoms with Crippen molar-refractivity contribution in [3.05, 3.63) is 23.6 Å². The van der Waals surface area contributed by atoms with Crippen molar-refractivity contribution < 1.29 is 26.0 Å². The van der Waals surface area contributed by atoms with Crippen molar-refractivity contribution >= 4 is 15.7 Å². The van der Waals surface area contributed by atoms with Crippen LogP contribution >= 0.6 is 0 Å². The Morgan fingerprint density at radius 1 is 1.15 bits per heavy atom. The van der Waals surface area contributed by atoms with Gasteiger partial charge in [-0.3, -0.25) is 4.90 Å². The van der Waals surface area contributed by atoms with E-state index in [0.717, 1.165) is 32.4 Å². The van der Waals surface area contributed by atoms with Crippen LogP contribution in [-0.4, -0.2) is 62.0 Å². The minimum Gasteiger partial charge on any atom is -0.354 e. The average Bonchev–Trinajstić information content (AvgIpc) is 2.97. The van der Waals surface area contributed by atoms with Crippen molar-refractivity contribution in [3.63, 3.8) is 0 Å². The van der Waals surface area contributed by atoms with Crippen LogP contribution < -0.4 is 4.90 Å². The van der Waals surface area contributed by atoms with Crippen LogP contribution in [0.4, 0.5) is 23.4 Å². The van der Waals surface area contributed by atoms with Crippen LogP contribution in [0.2, 0.25) is 0 Å². The molecule has 10 heteroatoms. The zero-order valence-corrected chi connectivity index (χ0v) is 15.5. The molecule has 0 aromatic carbocycles. The number of alkyl halides is 3. The van der Waals surface area contributed by atoms with Gasteiger partial charge in [-0.25, -0.2) is 17.8 Å². The second-order valence-corrected chi connectivity index (χ2v) is 10.1. The molecule has 3 aliphatic heterocycles. The van der Waals surface area contributed by atoms with Gasteiger partial charge in [-0.2, -0.15) is 13.2 Å². The van der Waals surface area contributed by atoms with Crippen LogP contribution in [0.25, 0.3) is 0 Å². The van der Waals surface area contributed by atoms with Gasteiger partial charge in [0.25, 0.3) is 0 Å². The summed E-state index contributed by atoms with van der Waals surface area (Å²) >= 11 is 0. The van der Waals surface area contributed by atoms with E-state index in [0.29, 0.717) is 31.4 Å². The van der Waals surface area contributed by atoms with Crippen LogP contribution in [0.5, 0.6) is 0 Å². The number of hydrogen-bond donors (Lipinski definition) is 0. The Morgan fingerprint density at radius 3 is 2.37 bits per heavy atom. The Balaban J connectivity index is 1.36. The van der Waals surface area contributed by atoms with E-state index < -0.39 is 27.4 Å². The summed E-state index contributed by atoms with van der Waals surface area (Å²) in [5.74, 6) is -0.445. The number of rotatable bonds is 2. The summed E-state index contributed by atoms with van der Waals surface area (Å²) < 4.78 is 75.1. The summed E-state index contributed by atoms with van der Waals surface area (Å²) in [7, 11) is -2.86. The molecule has 0 bridgehead atoms. The molecule has 1 aromatic heterocycles. The summed E-state index contributed by atoms with van der Waals surface area (Å²) in [4.78, 5) is 7.71. The highest BCUT2D eigenvalue weighted by molar-refractivity contribution is 7.92. The van der Waals surface area contributed by atoms with Gasteiger partial charge in [-0.1, -0.05) is 0 Å². The minimum absolute atomic E-state index is 0.0376. The Hall–Kier alpha value is -1.42. The monoisotopic (exact) mass is 407 g/mol. The molecule has 0 aliphatic carbocycles. The van der Waals surface area contributed by atoms with E-state index in [1.54, 1.807) is 4.90 Å². The van der Waals surface area contributed by atoms with Crippen molar-refractivity contribution in [3.8, 4) is 0 Å². The fraction of sp³-hybridized carbons (Fsp3) is 0.706. The average molecular weight is 407 g/mol. The van der Waals surface area contributed by atoms with E-state index in [9.17, 15) is 26.0 Å². The van der Waals surface area contributed by atoms with Crippen molar-refractivity contribution in [2.75, 3.05) is 42.6 Å². The molecule has 0 atom stereocenters. The first-order valence-corrected chi connectivity index (χ1v) is 10.8. The van der Waals surface area contributed by atoms with Crippen LogP contribution in [-0.2, 0) is 16.0 Å². The predicted molar refractivity (Wildman–Crippen MR) is 91.7 cm³/mol. The van der Waals surface area contributed by atoms with Gasteiger partial charge in [0.15, 0.2) is 21.5 Å². The molecule has 0 radical (unpaired) electrons. The van der Waals surface area contributed by atoms with E-state index >= 15 is 0 Å². The summed E-state index contributed by atoms with van der Waals surface area (Å²) in [6.07, 6.45) is -1.54. The molecule has 0 amide bonds. The number of halogens is 4. The lowest BCUT2D eigenvalue weighted by Crippen LogP contribution is -2.52. The van der Waals surface area contributed by atoms with Gasteiger partial charge in [0.2, 0.25) is 0 Å². The Labute approximate surface area is 155 Å². The van der Waals surface area contributed by atoms with E-state index in [4.69, 9.17) is 0 Å². The zero-order chi connectivity index (χ0) is 19.4. The maximum absolute atomic E-state index is 14.1. The van der Waals surface area contributed by atoms with Gasteiger partial charge in [-0.05, 0) is 31.9 Å². The number of hydrogen-bond acceptors (Lipinski definition) is 5. The molecule has 150 valence electrons. The number of sulfone groups is 1. The molecule has 0 N–H and O–H groups in total. The standard InChI is InChI=1S/C17H21F4N3O2S/c18-14-7-12(17(19,20)21)8-22-15(14)23-4-1-13(2-5-23)24-6-3-16(9-24)10-27(25,26)11-16/h7-8,13H,1-6,9-11H2. The smallest absolute Gasteiger partial charge is 0.354 e. The SMILES string of the molecule is O=S1(=O)CC2(CCN(C3CCN(c4ncc(C(F)(F)F)cc4F)CC3)C2)C1. The lowest BCUT2D eigenvalue weighted by Gasteiger charge is -2.40. The van der Waals surface area contributed by atoms with Crippen LogP contribution in [0.3, 0.4) is 0 Å². The highest BCUT2D eigenvalue weighted by atomic mass is 32.2. The second kappa shape index (κ2) is 6.30. The lowest BCUT2D eigenvalue weighted by molar-refractivity contribution is -0.138. The molecule has 1 spiro atoms. The van der Waals surface area contributed by atoms with E-state index in [1.165, 1.54) is 0 Å². The van der Waals surface area contributed by atoms with E-state index in [1.807, 2.05) is 0 Å². The van der Waals surface area contributed by atoms with E-state index in [2.05, 4.69) is 9.88 Å². The third kappa shape index (κ3) is 3.65. The van der Waals surface area contributed by atoms with Gasteiger partial charge < -0.3 is 4.90 Å².